The molecule has 0 unspecified atom stereocenters. The lowest BCUT2D eigenvalue weighted by atomic mass is 9.86. The number of hydrogen-bond donors (Lipinski definition) is 0. The van der Waals surface area contributed by atoms with E-state index in [1.807, 2.05) is 24.3 Å². The molecule has 8 nitrogen and oxygen atoms in total. The van der Waals surface area contributed by atoms with Crippen molar-refractivity contribution < 1.29 is 28.3 Å². The van der Waals surface area contributed by atoms with Gasteiger partial charge in [-0.3, -0.25) is 14.6 Å². The van der Waals surface area contributed by atoms with Crippen LogP contribution in [0.4, 0.5) is 9.59 Å². The summed E-state index contributed by atoms with van der Waals surface area (Å²) in [5.74, 6) is 0.148. The summed E-state index contributed by atoms with van der Waals surface area (Å²) in [6.45, 7) is 6.82. The molecule has 3 aliphatic heterocycles. The first kappa shape index (κ1) is 27.4. The fraction of sp³-hybridized carbons (Fsp3) is 0.485. The lowest BCUT2D eigenvalue weighted by molar-refractivity contribution is -0.129. The Morgan fingerprint density at radius 1 is 0.952 bits per heavy atom. The second-order valence-corrected chi connectivity index (χ2v) is 17.6. The Hall–Kier alpha value is -3.43. The molecular formula is C33H38N2O6Si. The van der Waals surface area contributed by atoms with Crippen molar-refractivity contribution in [2.24, 2.45) is 11.8 Å². The van der Waals surface area contributed by atoms with Gasteiger partial charge < -0.3 is 13.9 Å². The molecule has 2 aromatic carbocycles. The van der Waals surface area contributed by atoms with Crippen LogP contribution in [-0.2, 0) is 18.7 Å². The predicted octanol–water partition coefficient (Wildman–Crippen LogP) is 3.88. The van der Waals surface area contributed by atoms with Gasteiger partial charge in [-0.1, -0.05) is 93.6 Å². The summed E-state index contributed by atoms with van der Waals surface area (Å²) in [5, 5.41) is 2.26. The molecule has 2 saturated heterocycles. The number of benzene rings is 2. The van der Waals surface area contributed by atoms with Crippen molar-refractivity contribution in [3.05, 3.63) is 72.8 Å². The summed E-state index contributed by atoms with van der Waals surface area (Å²) in [6, 6.07) is 19.2. The normalized spacial score (nSPS) is 33.2. The highest BCUT2D eigenvalue weighted by Crippen LogP contribution is 2.55. The lowest BCUT2D eigenvalue weighted by Gasteiger charge is -2.48. The molecule has 0 radical (unpaired) electrons. The zero-order valence-electron chi connectivity index (χ0n) is 24.5. The van der Waals surface area contributed by atoms with Gasteiger partial charge in [0.25, 0.3) is 8.32 Å². The van der Waals surface area contributed by atoms with E-state index in [2.05, 4.69) is 69.3 Å². The van der Waals surface area contributed by atoms with Crippen LogP contribution in [0.15, 0.2) is 72.8 Å². The van der Waals surface area contributed by atoms with Crippen LogP contribution in [0.3, 0.4) is 0 Å². The van der Waals surface area contributed by atoms with Crippen LogP contribution in [0.5, 0.6) is 0 Å². The number of piperidine rings is 1. The van der Waals surface area contributed by atoms with Gasteiger partial charge in [0.2, 0.25) is 0 Å². The van der Waals surface area contributed by atoms with Crippen LogP contribution in [-0.4, -0.2) is 79.6 Å². The number of fused-ring (bicyclic) bond motifs is 7. The van der Waals surface area contributed by atoms with Crippen molar-refractivity contribution in [2.45, 2.75) is 81.4 Å². The van der Waals surface area contributed by atoms with Gasteiger partial charge >= 0.3 is 12.2 Å². The predicted molar refractivity (Wildman–Crippen MR) is 159 cm³/mol. The lowest BCUT2D eigenvalue weighted by Crippen LogP contribution is -2.69. The minimum Gasteiger partial charge on any atom is -0.453 e. The molecule has 2 saturated carbocycles. The van der Waals surface area contributed by atoms with Crippen LogP contribution in [0.25, 0.3) is 0 Å². The number of hydrogen-bond acceptors (Lipinski definition) is 6. The molecule has 2 amide bonds. The van der Waals surface area contributed by atoms with E-state index in [4.69, 9.17) is 13.9 Å². The van der Waals surface area contributed by atoms with E-state index in [1.165, 1.54) is 17.5 Å². The molecule has 2 aliphatic carbocycles. The van der Waals surface area contributed by atoms with Gasteiger partial charge in [0.05, 0.1) is 31.3 Å². The zero-order chi connectivity index (χ0) is 29.4. The molecule has 0 aromatic heterocycles. The van der Waals surface area contributed by atoms with Gasteiger partial charge in [-0.15, -0.1) is 0 Å². The zero-order valence-corrected chi connectivity index (χ0v) is 25.5. The minimum absolute atomic E-state index is 0.0237. The largest absolute Gasteiger partial charge is 0.453 e. The Morgan fingerprint density at radius 3 is 2.19 bits per heavy atom. The molecule has 3 heterocycles. The van der Waals surface area contributed by atoms with E-state index in [0.717, 1.165) is 12.8 Å². The highest BCUT2D eigenvalue weighted by Gasteiger charge is 2.66. The maximum Gasteiger partial charge on any atom is 0.411 e. The molecule has 7 rings (SSSR count). The Kier molecular flexibility index (Phi) is 6.40. The third-order valence-electron chi connectivity index (χ3n) is 10.3. The van der Waals surface area contributed by atoms with E-state index in [-0.39, 0.29) is 53.4 Å². The molecule has 8 atom stereocenters. The molecule has 9 heteroatoms. The molecule has 0 N–H and O–H groups in total. The smallest absolute Gasteiger partial charge is 0.411 e. The van der Waals surface area contributed by atoms with Crippen LogP contribution >= 0.6 is 0 Å². The van der Waals surface area contributed by atoms with Crippen molar-refractivity contribution in [2.75, 3.05) is 7.11 Å². The van der Waals surface area contributed by atoms with Crippen molar-refractivity contribution in [3.63, 3.8) is 0 Å². The highest BCUT2D eigenvalue weighted by atomic mass is 28.4. The van der Waals surface area contributed by atoms with E-state index in [1.54, 1.807) is 9.80 Å². The molecule has 4 bridgehead atoms. The van der Waals surface area contributed by atoms with Gasteiger partial charge in [-0.25, -0.2) is 9.59 Å². The van der Waals surface area contributed by atoms with Crippen LogP contribution in [0.1, 0.15) is 40.0 Å². The van der Waals surface area contributed by atoms with Gasteiger partial charge in [0.15, 0.2) is 5.78 Å². The number of ketones is 1. The van der Waals surface area contributed by atoms with E-state index in [9.17, 15) is 14.4 Å². The Bertz CT molecular complexity index is 1390. The second-order valence-electron chi connectivity index (χ2n) is 13.4. The van der Waals surface area contributed by atoms with Gasteiger partial charge in [0.1, 0.15) is 12.1 Å². The maximum atomic E-state index is 13.6. The number of nitrogens with zero attached hydrogens (tertiary/aromatic N) is 2. The molecular weight excluding hydrogens is 548 g/mol. The van der Waals surface area contributed by atoms with Gasteiger partial charge in [-0.05, 0) is 28.3 Å². The van der Waals surface area contributed by atoms with Gasteiger partial charge in [0, 0.05) is 18.3 Å². The van der Waals surface area contributed by atoms with E-state index in [0.29, 0.717) is 0 Å². The Balaban J connectivity index is 1.26. The molecule has 42 heavy (non-hydrogen) atoms. The molecule has 4 fully saturated rings. The summed E-state index contributed by atoms with van der Waals surface area (Å²) >= 11 is 0. The minimum atomic E-state index is -2.82. The van der Waals surface area contributed by atoms with E-state index < -0.39 is 32.6 Å². The fourth-order valence-electron chi connectivity index (χ4n) is 8.68. The first-order chi connectivity index (χ1) is 20.2. The third-order valence-corrected chi connectivity index (χ3v) is 15.4. The Morgan fingerprint density at radius 2 is 1.60 bits per heavy atom. The van der Waals surface area contributed by atoms with Crippen molar-refractivity contribution in [1.82, 2.24) is 9.80 Å². The second kappa shape index (κ2) is 9.81. The van der Waals surface area contributed by atoms with Crippen molar-refractivity contribution in [3.8, 4) is 0 Å². The first-order valence-electron chi connectivity index (χ1n) is 15.0. The molecule has 2 aromatic rings. The van der Waals surface area contributed by atoms with Gasteiger partial charge in [-0.2, -0.15) is 0 Å². The summed E-state index contributed by atoms with van der Waals surface area (Å²) in [7, 11) is -1.48. The number of Topliss-reactive ketones (excluding diaryl/α,β-unsaturated/α-hetero) is 1. The summed E-state index contributed by atoms with van der Waals surface area (Å²) < 4.78 is 18.6. The SMILES string of the molecule is COC(=O)N1[C@@H]2C=C[C@H]1CC(=O)[C@H]2N1C(=O)O[C@@H]2[C@H]3C[C@@H]([C@@H]21)[C@@H](O[Si](c1ccccc1)(c1ccccc1)C(C)(C)C)C3. The van der Waals surface area contributed by atoms with Crippen LogP contribution < -0.4 is 10.4 Å². The first-order valence-corrected chi connectivity index (χ1v) is 16.9. The third kappa shape index (κ3) is 3.85. The number of carbonyl (C=O) groups excluding carboxylic acids is 3. The maximum absolute atomic E-state index is 13.6. The fourth-order valence-corrected chi connectivity index (χ4v) is 13.4. The molecule has 5 aliphatic rings. The average Bonchev–Trinajstić information content (AvgIpc) is 3.72. The number of amides is 2. The van der Waals surface area contributed by atoms with Crippen LogP contribution in [0, 0.1) is 11.8 Å². The van der Waals surface area contributed by atoms with Crippen molar-refractivity contribution >= 4 is 36.7 Å². The number of methoxy groups -OCH3 is 1. The monoisotopic (exact) mass is 586 g/mol. The molecule has 220 valence electrons. The Labute approximate surface area is 247 Å². The topological polar surface area (TPSA) is 85.4 Å². The summed E-state index contributed by atoms with van der Waals surface area (Å²) in [4.78, 5) is 43.1. The van der Waals surface area contributed by atoms with Crippen molar-refractivity contribution in [1.29, 1.82) is 0 Å². The summed E-state index contributed by atoms with van der Waals surface area (Å²) in [5.41, 5.74) is 0. The van der Waals surface area contributed by atoms with E-state index >= 15 is 0 Å². The number of carbonyl (C=O) groups is 3. The van der Waals surface area contributed by atoms with Crippen LogP contribution in [0.2, 0.25) is 5.04 Å². The standard InChI is InChI=1S/C33H38N2O6Si/c1-33(2,3)42(22-11-7-5-8-12-22,23-13-9-6-10-14-23)41-27-18-20-17-24(27)28-30(20)40-32(38)35(28)29-25-16-15-21(19-26(29)36)34(25)31(37)39-4/h5-16,20-21,24-25,27-30H,17-19H2,1-4H3/t20-,21-,24+,25+,27-,28-,29-,30+/m0/s1. The highest BCUT2D eigenvalue weighted by molar-refractivity contribution is 6.99. The summed E-state index contributed by atoms with van der Waals surface area (Å²) in [6.07, 6.45) is 4.29. The average molecular weight is 587 g/mol. The molecule has 0 spiro atoms. The quantitative estimate of drug-likeness (QED) is 0.391. The number of ether oxygens (including phenoxy) is 2. The number of rotatable bonds is 5.